The molecule has 0 spiro atoms. The van der Waals surface area contributed by atoms with Crippen LogP contribution in [0.15, 0.2) is 212 Å². The third-order valence-electron chi connectivity index (χ3n) is 12.1. The van der Waals surface area contributed by atoms with Gasteiger partial charge in [0.05, 0.1) is 33.5 Å². The molecule has 0 amide bonds. The van der Waals surface area contributed by atoms with Crippen LogP contribution in [0, 0.1) is 0 Å². The average molecular weight is 754 g/mol. The molecule has 2 aliphatic rings. The summed E-state index contributed by atoms with van der Waals surface area (Å²) in [7, 11) is 0. The van der Waals surface area contributed by atoms with E-state index in [1.807, 2.05) is 24.3 Å². The molecule has 59 heavy (non-hydrogen) atoms. The van der Waals surface area contributed by atoms with Crippen molar-refractivity contribution in [2.24, 2.45) is 0 Å². The molecule has 0 saturated carbocycles. The number of hydrogen-bond donors (Lipinski definition) is 0. The van der Waals surface area contributed by atoms with Gasteiger partial charge in [0, 0.05) is 28.3 Å². The maximum absolute atomic E-state index is 5.42. The number of anilines is 3. The quantitative estimate of drug-likeness (QED) is 0.176. The lowest BCUT2D eigenvalue weighted by molar-refractivity contribution is 0.768. The fourth-order valence-electron chi connectivity index (χ4n) is 9.54. The minimum atomic E-state index is -0.539. The third-order valence-corrected chi connectivity index (χ3v) is 12.1. The zero-order chi connectivity index (χ0) is 38.9. The van der Waals surface area contributed by atoms with Crippen molar-refractivity contribution in [2.45, 2.75) is 5.41 Å². The summed E-state index contributed by atoms with van der Waals surface area (Å²) >= 11 is 0. The van der Waals surface area contributed by atoms with E-state index in [4.69, 9.17) is 15.0 Å². The summed E-state index contributed by atoms with van der Waals surface area (Å²) in [6.45, 7) is 0. The van der Waals surface area contributed by atoms with Gasteiger partial charge in [0.1, 0.15) is 5.82 Å². The van der Waals surface area contributed by atoms with E-state index in [1.165, 1.54) is 33.4 Å². The zero-order valence-electron chi connectivity index (χ0n) is 31.9. The largest absolute Gasteiger partial charge is 0.277 e. The lowest BCUT2D eigenvalue weighted by Crippen LogP contribution is -2.28. The Morgan fingerprint density at radius 1 is 0.390 bits per heavy atom. The predicted molar refractivity (Wildman–Crippen MR) is 239 cm³/mol. The molecule has 0 bridgehead atoms. The van der Waals surface area contributed by atoms with Gasteiger partial charge in [-0.3, -0.25) is 9.47 Å². The number of fused-ring (bicyclic) bond motifs is 10. The molecule has 0 saturated heterocycles. The highest BCUT2D eigenvalue weighted by Crippen LogP contribution is 2.57. The lowest BCUT2D eigenvalue weighted by Gasteiger charge is -2.34. The third kappa shape index (κ3) is 4.95. The van der Waals surface area contributed by atoms with Crippen LogP contribution in [-0.2, 0) is 5.41 Å². The lowest BCUT2D eigenvalue weighted by atomic mass is 9.67. The van der Waals surface area contributed by atoms with Crippen LogP contribution in [0.1, 0.15) is 22.3 Å². The average Bonchev–Trinajstić information content (AvgIpc) is 3.80. The van der Waals surface area contributed by atoms with Crippen molar-refractivity contribution in [1.82, 2.24) is 19.5 Å². The summed E-state index contributed by atoms with van der Waals surface area (Å²) in [4.78, 5) is 18.4. The van der Waals surface area contributed by atoms with E-state index in [-0.39, 0.29) is 0 Å². The molecule has 8 aromatic carbocycles. The Bertz CT molecular complexity index is 3190. The normalized spacial score (nSPS) is 13.2. The van der Waals surface area contributed by atoms with E-state index in [0.717, 1.165) is 62.1 Å². The van der Waals surface area contributed by atoms with Gasteiger partial charge in [-0.2, -0.15) is 0 Å². The maximum atomic E-state index is 5.42. The van der Waals surface area contributed by atoms with Gasteiger partial charge in [-0.25, -0.2) is 15.0 Å². The van der Waals surface area contributed by atoms with Crippen molar-refractivity contribution >= 4 is 28.5 Å². The number of imidazole rings is 1. The monoisotopic (exact) mass is 753 g/mol. The summed E-state index contributed by atoms with van der Waals surface area (Å²) in [5.41, 5.74) is 15.9. The van der Waals surface area contributed by atoms with Gasteiger partial charge < -0.3 is 0 Å². The molecule has 1 aliphatic carbocycles. The number of aromatic nitrogens is 4. The van der Waals surface area contributed by atoms with E-state index < -0.39 is 5.41 Å². The maximum Gasteiger partial charge on any atom is 0.221 e. The van der Waals surface area contributed by atoms with Crippen LogP contribution in [0.2, 0.25) is 0 Å². The fourth-order valence-corrected chi connectivity index (χ4v) is 9.54. The molecule has 2 aromatic heterocycles. The highest BCUT2D eigenvalue weighted by atomic mass is 15.4. The Morgan fingerprint density at radius 3 is 1.71 bits per heavy atom. The van der Waals surface area contributed by atoms with Crippen LogP contribution in [0.5, 0.6) is 0 Å². The first-order chi connectivity index (χ1) is 29.3. The van der Waals surface area contributed by atoms with Crippen LogP contribution < -0.4 is 4.90 Å². The minimum absolute atomic E-state index is 0.539. The first-order valence-electron chi connectivity index (χ1n) is 20.0. The second-order valence-electron chi connectivity index (χ2n) is 15.2. The van der Waals surface area contributed by atoms with Gasteiger partial charge >= 0.3 is 0 Å². The molecule has 276 valence electrons. The standard InChI is InChI=1S/C54H35N5/c1-4-18-36(19-5-1)52-55-47(37-32-33-41-40-24-10-13-27-44(40)54(45(41)34-37,38-20-6-2-7-21-38)39-22-8-3-9-23-39)35-51(57-52)59-49-30-16-12-26-43(49)42-25-11-15-29-48(42)58-50-31-17-14-28-46(50)56-53(58)59/h1-35H. The van der Waals surface area contributed by atoms with Crippen LogP contribution >= 0.6 is 0 Å². The second-order valence-corrected chi connectivity index (χ2v) is 15.2. The Kier molecular flexibility index (Phi) is 7.38. The SMILES string of the molecule is c1ccc(-c2nc(-c3ccc4c(c3)C(c3ccccc3)(c3ccccc3)c3ccccc3-4)cc(N3c4ccccc4-c4ccccc4-n4c3nc3ccccc34)n2)cc1. The summed E-state index contributed by atoms with van der Waals surface area (Å²) in [6.07, 6.45) is 0. The molecule has 10 aromatic rings. The second kappa shape index (κ2) is 13.1. The van der Waals surface area contributed by atoms with Crippen molar-refractivity contribution in [1.29, 1.82) is 0 Å². The smallest absolute Gasteiger partial charge is 0.221 e. The fraction of sp³-hybridized carbons (Fsp3) is 0.0185. The molecule has 5 heteroatoms. The number of hydrogen-bond acceptors (Lipinski definition) is 4. The van der Waals surface area contributed by atoms with Crippen molar-refractivity contribution in [3.05, 3.63) is 235 Å². The minimum Gasteiger partial charge on any atom is -0.277 e. The zero-order valence-corrected chi connectivity index (χ0v) is 31.9. The first kappa shape index (κ1) is 33.3. The van der Waals surface area contributed by atoms with Crippen molar-refractivity contribution in [3.63, 3.8) is 0 Å². The molecular weight excluding hydrogens is 719 g/mol. The summed E-state index contributed by atoms with van der Waals surface area (Å²) in [5, 5.41) is 0. The molecule has 1 aliphatic heterocycles. The number of nitrogens with zero attached hydrogens (tertiary/aromatic N) is 5. The van der Waals surface area contributed by atoms with Gasteiger partial charge in [-0.15, -0.1) is 0 Å². The number of para-hydroxylation sites is 4. The van der Waals surface area contributed by atoms with Gasteiger partial charge in [-0.05, 0) is 63.7 Å². The molecular formula is C54H35N5. The Hall–Kier alpha value is -7.89. The molecule has 12 rings (SSSR count). The summed E-state index contributed by atoms with van der Waals surface area (Å²) < 4.78 is 2.27. The van der Waals surface area contributed by atoms with Crippen LogP contribution in [-0.4, -0.2) is 19.5 Å². The summed E-state index contributed by atoms with van der Waals surface area (Å²) in [5.74, 6) is 2.14. The molecule has 3 heterocycles. The highest BCUT2D eigenvalue weighted by molar-refractivity contribution is 5.96. The van der Waals surface area contributed by atoms with Crippen LogP contribution in [0.4, 0.5) is 17.5 Å². The Labute approximate surface area is 342 Å². The van der Waals surface area contributed by atoms with Crippen LogP contribution in [0.3, 0.4) is 0 Å². The van der Waals surface area contributed by atoms with Crippen molar-refractivity contribution in [3.8, 4) is 50.6 Å². The number of rotatable bonds is 5. The molecule has 0 fully saturated rings. The molecule has 5 nitrogen and oxygen atoms in total. The van der Waals surface area contributed by atoms with Crippen LogP contribution in [0.25, 0.3) is 61.6 Å². The van der Waals surface area contributed by atoms with Gasteiger partial charge in [0.2, 0.25) is 5.95 Å². The topological polar surface area (TPSA) is 46.8 Å². The van der Waals surface area contributed by atoms with E-state index in [9.17, 15) is 0 Å². The molecule has 0 unspecified atom stereocenters. The predicted octanol–water partition coefficient (Wildman–Crippen LogP) is 13.0. The van der Waals surface area contributed by atoms with Crippen molar-refractivity contribution in [2.75, 3.05) is 4.90 Å². The van der Waals surface area contributed by atoms with Gasteiger partial charge in [0.25, 0.3) is 0 Å². The molecule has 0 N–H and O–H groups in total. The van der Waals surface area contributed by atoms with Gasteiger partial charge in [0.15, 0.2) is 5.82 Å². The summed E-state index contributed by atoms with van der Waals surface area (Å²) in [6, 6.07) is 75.6. The first-order valence-corrected chi connectivity index (χ1v) is 20.0. The Morgan fingerprint density at radius 2 is 0.966 bits per heavy atom. The van der Waals surface area contributed by atoms with Gasteiger partial charge in [-0.1, -0.05) is 176 Å². The molecule has 0 atom stereocenters. The van der Waals surface area contributed by atoms with E-state index in [1.54, 1.807) is 0 Å². The van der Waals surface area contributed by atoms with E-state index in [0.29, 0.717) is 5.82 Å². The Balaban J connectivity index is 1.14. The highest BCUT2D eigenvalue weighted by Gasteiger charge is 2.46. The molecule has 0 radical (unpaired) electrons. The van der Waals surface area contributed by atoms with Crippen molar-refractivity contribution < 1.29 is 0 Å². The number of benzene rings is 8. The van der Waals surface area contributed by atoms with E-state index >= 15 is 0 Å². The van der Waals surface area contributed by atoms with E-state index in [2.05, 4.69) is 198 Å².